The molecule has 2 rings (SSSR count). The van der Waals surface area contributed by atoms with Crippen LogP contribution in [0.2, 0.25) is 0 Å². The molecule has 6 heteroatoms. The molecule has 0 spiro atoms. The van der Waals surface area contributed by atoms with Gasteiger partial charge >= 0.3 is 6.01 Å². The van der Waals surface area contributed by atoms with Crippen LogP contribution in [0.5, 0.6) is 6.01 Å². The zero-order valence-corrected chi connectivity index (χ0v) is 10.3. The molecule has 6 nitrogen and oxygen atoms in total. The number of nitrogen functional groups attached to an aromatic ring is 1. The van der Waals surface area contributed by atoms with Crippen LogP contribution in [0.4, 0.5) is 11.9 Å². The van der Waals surface area contributed by atoms with E-state index in [2.05, 4.69) is 27.2 Å². The van der Waals surface area contributed by atoms with E-state index in [0.29, 0.717) is 12.0 Å². The van der Waals surface area contributed by atoms with E-state index in [-0.39, 0.29) is 12.0 Å². The molecule has 3 N–H and O–H groups in total. The van der Waals surface area contributed by atoms with Crippen molar-refractivity contribution in [2.45, 2.75) is 38.6 Å². The summed E-state index contributed by atoms with van der Waals surface area (Å²) in [6, 6.07) is 0.682. The highest BCUT2D eigenvalue weighted by atomic mass is 16.5. The number of aromatic nitrogens is 3. The summed E-state index contributed by atoms with van der Waals surface area (Å²) in [5.74, 6) is 1.52. The van der Waals surface area contributed by atoms with Crippen molar-refractivity contribution in [2.24, 2.45) is 5.92 Å². The molecule has 94 valence electrons. The SMILES string of the molecule is COc1nc(N)nc(NC2CCC(C)CC2)n1. The van der Waals surface area contributed by atoms with Crippen LogP contribution in [0.1, 0.15) is 32.6 Å². The molecule has 0 radical (unpaired) electrons. The maximum absolute atomic E-state index is 5.58. The predicted molar refractivity (Wildman–Crippen MR) is 65.8 cm³/mol. The van der Waals surface area contributed by atoms with E-state index in [0.717, 1.165) is 18.8 Å². The molecule has 0 atom stereocenters. The Bertz CT molecular complexity index is 376. The average Bonchev–Trinajstić information content (AvgIpc) is 2.31. The van der Waals surface area contributed by atoms with Crippen molar-refractivity contribution in [2.75, 3.05) is 18.2 Å². The number of nitrogens with two attached hydrogens (primary N) is 1. The first-order valence-corrected chi connectivity index (χ1v) is 5.99. The van der Waals surface area contributed by atoms with E-state index in [1.807, 2.05) is 0 Å². The highest BCUT2D eigenvalue weighted by molar-refractivity contribution is 5.33. The Morgan fingerprint density at radius 3 is 2.53 bits per heavy atom. The maximum atomic E-state index is 5.58. The van der Waals surface area contributed by atoms with Crippen LogP contribution in [0.3, 0.4) is 0 Å². The van der Waals surface area contributed by atoms with E-state index in [1.165, 1.54) is 20.0 Å². The van der Waals surface area contributed by atoms with Crippen molar-refractivity contribution in [1.29, 1.82) is 0 Å². The van der Waals surface area contributed by atoms with Crippen LogP contribution < -0.4 is 15.8 Å². The number of nitrogens with one attached hydrogen (secondary N) is 1. The van der Waals surface area contributed by atoms with E-state index >= 15 is 0 Å². The Hall–Kier alpha value is -1.59. The van der Waals surface area contributed by atoms with Gasteiger partial charge in [0.15, 0.2) is 0 Å². The third kappa shape index (κ3) is 3.18. The molecular weight excluding hydrogens is 218 g/mol. The zero-order valence-electron chi connectivity index (χ0n) is 10.3. The summed E-state index contributed by atoms with van der Waals surface area (Å²) in [5.41, 5.74) is 5.58. The number of rotatable bonds is 3. The summed E-state index contributed by atoms with van der Waals surface area (Å²) >= 11 is 0. The Labute approximate surface area is 101 Å². The van der Waals surface area contributed by atoms with Gasteiger partial charge in [-0.2, -0.15) is 15.0 Å². The number of hydrogen-bond acceptors (Lipinski definition) is 6. The lowest BCUT2D eigenvalue weighted by Gasteiger charge is -2.26. The van der Waals surface area contributed by atoms with E-state index in [4.69, 9.17) is 10.5 Å². The predicted octanol–water partition coefficient (Wildman–Crippen LogP) is 1.45. The summed E-state index contributed by atoms with van der Waals surface area (Å²) in [6.07, 6.45) is 4.79. The molecule has 1 aliphatic rings. The number of ether oxygens (including phenoxy) is 1. The summed E-state index contributed by atoms with van der Waals surface area (Å²) in [5, 5.41) is 3.29. The fraction of sp³-hybridized carbons (Fsp3) is 0.727. The highest BCUT2D eigenvalue weighted by Crippen LogP contribution is 2.25. The first kappa shape index (κ1) is 11.9. The first-order valence-electron chi connectivity index (χ1n) is 5.99. The molecule has 0 aromatic carbocycles. The quantitative estimate of drug-likeness (QED) is 0.827. The molecule has 1 fully saturated rings. The third-order valence-electron chi connectivity index (χ3n) is 3.16. The van der Waals surface area contributed by atoms with Gasteiger partial charge in [-0.1, -0.05) is 6.92 Å². The molecule has 1 heterocycles. The molecule has 1 aromatic heterocycles. The topological polar surface area (TPSA) is 86.0 Å². The molecule has 1 aromatic rings. The molecular formula is C11H19N5O. The van der Waals surface area contributed by atoms with Crippen LogP contribution in [0, 0.1) is 5.92 Å². The highest BCUT2D eigenvalue weighted by Gasteiger charge is 2.19. The van der Waals surface area contributed by atoms with E-state index in [1.54, 1.807) is 0 Å². The fourth-order valence-corrected chi connectivity index (χ4v) is 2.11. The first-order chi connectivity index (χ1) is 8.17. The van der Waals surface area contributed by atoms with Gasteiger partial charge in [0.2, 0.25) is 11.9 Å². The van der Waals surface area contributed by atoms with Gasteiger partial charge in [-0.3, -0.25) is 0 Å². The minimum atomic E-state index is 0.184. The summed E-state index contributed by atoms with van der Waals surface area (Å²) in [6.45, 7) is 2.29. The molecule has 17 heavy (non-hydrogen) atoms. The molecule has 0 saturated heterocycles. The second-order valence-corrected chi connectivity index (χ2v) is 4.61. The summed E-state index contributed by atoms with van der Waals surface area (Å²) in [4.78, 5) is 12.0. The van der Waals surface area contributed by atoms with Crippen molar-refractivity contribution in [3.63, 3.8) is 0 Å². The standard InChI is InChI=1S/C11H19N5O/c1-7-3-5-8(6-4-7)13-10-14-9(12)15-11(16-10)17-2/h7-8H,3-6H2,1-2H3,(H3,12,13,14,15,16). The zero-order chi connectivity index (χ0) is 12.3. The summed E-state index contributed by atoms with van der Waals surface area (Å²) in [7, 11) is 1.51. The monoisotopic (exact) mass is 237 g/mol. The number of anilines is 2. The van der Waals surface area contributed by atoms with Gasteiger partial charge in [-0.25, -0.2) is 0 Å². The second-order valence-electron chi connectivity index (χ2n) is 4.61. The molecule has 0 unspecified atom stereocenters. The van der Waals surface area contributed by atoms with Gasteiger partial charge in [0.05, 0.1) is 7.11 Å². The van der Waals surface area contributed by atoms with Crippen LogP contribution in [0.15, 0.2) is 0 Å². The van der Waals surface area contributed by atoms with Crippen LogP contribution in [-0.2, 0) is 0 Å². The van der Waals surface area contributed by atoms with Crippen molar-refractivity contribution < 1.29 is 4.74 Å². The minimum absolute atomic E-state index is 0.184. The molecule has 0 bridgehead atoms. The number of hydrogen-bond donors (Lipinski definition) is 2. The smallest absolute Gasteiger partial charge is 0.322 e. The van der Waals surface area contributed by atoms with Gasteiger partial charge in [0.25, 0.3) is 0 Å². The molecule has 1 aliphatic carbocycles. The van der Waals surface area contributed by atoms with Gasteiger partial charge < -0.3 is 15.8 Å². The van der Waals surface area contributed by atoms with E-state index in [9.17, 15) is 0 Å². The van der Waals surface area contributed by atoms with Crippen molar-refractivity contribution in [1.82, 2.24) is 15.0 Å². The van der Waals surface area contributed by atoms with Gasteiger partial charge in [-0.15, -0.1) is 0 Å². The van der Waals surface area contributed by atoms with Gasteiger partial charge in [0.1, 0.15) is 0 Å². The lowest BCUT2D eigenvalue weighted by atomic mass is 9.87. The Morgan fingerprint density at radius 1 is 1.18 bits per heavy atom. The lowest BCUT2D eigenvalue weighted by molar-refractivity contribution is 0.358. The van der Waals surface area contributed by atoms with Crippen LogP contribution >= 0.6 is 0 Å². The third-order valence-corrected chi connectivity index (χ3v) is 3.16. The minimum Gasteiger partial charge on any atom is -0.467 e. The normalized spacial score (nSPS) is 24.4. The largest absolute Gasteiger partial charge is 0.467 e. The Kier molecular flexibility index (Phi) is 3.61. The molecule has 0 aliphatic heterocycles. The maximum Gasteiger partial charge on any atom is 0.322 e. The Morgan fingerprint density at radius 2 is 1.88 bits per heavy atom. The second kappa shape index (κ2) is 5.16. The van der Waals surface area contributed by atoms with Crippen molar-refractivity contribution >= 4 is 11.9 Å². The van der Waals surface area contributed by atoms with Crippen molar-refractivity contribution in [3.05, 3.63) is 0 Å². The Balaban J connectivity index is 2.00. The molecule has 0 amide bonds. The number of methoxy groups -OCH3 is 1. The van der Waals surface area contributed by atoms with Crippen LogP contribution in [-0.4, -0.2) is 28.1 Å². The van der Waals surface area contributed by atoms with Crippen LogP contribution in [0.25, 0.3) is 0 Å². The average molecular weight is 237 g/mol. The van der Waals surface area contributed by atoms with Crippen molar-refractivity contribution in [3.8, 4) is 6.01 Å². The number of nitrogens with zero attached hydrogens (tertiary/aromatic N) is 3. The van der Waals surface area contributed by atoms with E-state index < -0.39 is 0 Å². The van der Waals surface area contributed by atoms with Gasteiger partial charge in [-0.05, 0) is 31.6 Å². The summed E-state index contributed by atoms with van der Waals surface area (Å²) < 4.78 is 4.96. The fourth-order valence-electron chi connectivity index (χ4n) is 2.11. The van der Waals surface area contributed by atoms with Gasteiger partial charge in [0, 0.05) is 6.04 Å². The lowest BCUT2D eigenvalue weighted by Crippen LogP contribution is -2.26. The molecule has 1 saturated carbocycles.